The molecule has 0 radical (unpaired) electrons. The zero-order chi connectivity index (χ0) is 29.0. The zero-order valence-corrected chi connectivity index (χ0v) is 23.6. The molecule has 0 fully saturated rings. The van der Waals surface area contributed by atoms with Gasteiger partial charge in [0.2, 0.25) is 0 Å². The molecule has 0 atom stereocenters. The van der Waals surface area contributed by atoms with Crippen molar-refractivity contribution in [2.24, 2.45) is 0 Å². The summed E-state index contributed by atoms with van der Waals surface area (Å²) in [4.78, 5) is 2.23. The van der Waals surface area contributed by atoms with E-state index < -0.39 is 0 Å². The van der Waals surface area contributed by atoms with Crippen LogP contribution in [0.3, 0.4) is 0 Å². The van der Waals surface area contributed by atoms with E-state index in [1.165, 1.54) is 21.8 Å². The lowest BCUT2D eigenvalue weighted by Gasteiger charge is -2.32. The van der Waals surface area contributed by atoms with Crippen LogP contribution in [0.25, 0.3) is 44.4 Å². The number of hydrogen-bond donors (Lipinski definition) is 0. The van der Waals surface area contributed by atoms with Gasteiger partial charge in [0.15, 0.2) is 11.5 Å². The molecule has 0 spiro atoms. The maximum Gasteiger partial charge on any atom is 0.151 e. The molecule has 1 aliphatic heterocycles. The first kappa shape index (κ1) is 24.5. The average molecular weight is 568 g/mol. The minimum Gasteiger partial charge on any atom is -0.453 e. The summed E-state index contributed by atoms with van der Waals surface area (Å²) in [7, 11) is 0. The maximum atomic E-state index is 6.18. The van der Waals surface area contributed by atoms with Gasteiger partial charge >= 0.3 is 0 Å². The summed E-state index contributed by atoms with van der Waals surface area (Å²) < 4.78 is 10.3. The van der Waals surface area contributed by atoms with Gasteiger partial charge < -0.3 is 14.2 Å². The summed E-state index contributed by atoms with van der Waals surface area (Å²) in [5.41, 5.74) is 9.24. The molecule has 0 saturated carbocycles. The predicted octanol–water partition coefficient (Wildman–Crippen LogP) is 9.61. The van der Waals surface area contributed by atoms with Gasteiger partial charge in [-0.1, -0.05) is 84.1 Å². The molecular weight excluding hydrogens is 542 g/mol. The molecule has 6 heteroatoms. The van der Waals surface area contributed by atoms with Crippen LogP contribution in [-0.2, 0) is 0 Å². The van der Waals surface area contributed by atoms with E-state index in [0.717, 1.165) is 51.2 Å². The van der Waals surface area contributed by atoms with E-state index in [2.05, 4.69) is 129 Å². The number of anilines is 3. The standard InChI is InChI=1S/C38H25N5O/c1-3-14-33-30(12-1)31-13-2-4-15-34(31)43(33)29-11-9-10-28(24-29)41-25-32(39-40-41)26-20-22-27(23-21-26)42-35-16-5-7-18-37(35)44-38-19-8-6-17-36(38)42/h1-25H. The van der Waals surface area contributed by atoms with E-state index in [0.29, 0.717) is 0 Å². The van der Waals surface area contributed by atoms with Crippen molar-refractivity contribution in [3.8, 4) is 34.1 Å². The molecule has 6 aromatic carbocycles. The van der Waals surface area contributed by atoms with Crippen molar-refractivity contribution in [1.29, 1.82) is 0 Å². The Hall–Kier alpha value is -6.14. The molecule has 0 amide bonds. The third-order valence-electron chi connectivity index (χ3n) is 8.28. The number of aromatic nitrogens is 4. The molecule has 0 saturated heterocycles. The predicted molar refractivity (Wildman–Crippen MR) is 176 cm³/mol. The van der Waals surface area contributed by atoms with E-state index in [9.17, 15) is 0 Å². The molecule has 3 heterocycles. The van der Waals surface area contributed by atoms with E-state index >= 15 is 0 Å². The normalized spacial score (nSPS) is 12.2. The third-order valence-corrected chi connectivity index (χ3v) is 8.28. The molecule has 9 rings (SSSR count). The quantitative estimate of drug-likeness (QED) is 0.212. The zero-order valence-electron chi connectivity index (χ0n) is 23.6. The van der Waals surface area contributed by atoms with Gasteiger partial charge in [-0.3, -0.25) is 0 Å². The Labute approximate surface area is 253 Å². The van der Waals surface area contributed by atoms with E-state index in [1.54, 1.807) is 0 Å². The van der Waals surface area contributed by atoms with Crippen LogP contribution in [-0.4, -0.2) is 19.6 Å². The fourth-order valence-electron chi connectivity index (χ4n) is 6.26. The molecule has 0 N–H and O–H groups in total. The van der Waals surface area contributed by atoms with Gasteiger partial charge in [0.05, 0.1) is 34.3 Å². The third kappa shape index (κ3) is 3.82. The van der Waals surface area contributed by atoms with E-state index in [-0.39, 0.29) is 0 Å². The number of para-hydroxylation sites is 6. The minimum absolute atomic E-state index is 0.807. The highest BCUT2D eigenvalue weighted by Crippen LogP contribution is 2.50. The van der Waals surface area contributed by atoms with Gasteiger partial charge in [0.1, 0.15) is 5.69 Å². The topological polar surface area (TPSA) is 48.1 Å². The molecule has 208 valence electrons. The molecule has 8 aromatic rings. The molecule has 0 aliphatic carbocycles. The van der Waals surface area contributed by atoms with Gasteiger partial charge in [-0.15, -0.1) is 5.10 Å². The van der Waals surface area contributed by atoms with Crippen LogP contribution < -0.4 is 9.64 Å². The highest BCUT2D eigenvalue weighted by Gasteiger charge is 2.25. The lowest BCUT2D eigenvalue weighted by atomic mass is 10.1. The first-order valence-corrected chi connectivity index (χ1v) is 14.6. The summed E-state index contributed by atoms with van der Waals surface area (Å²) in [6.07, 6.45) is 1.99. The number of hydrogen-bond acceptors (Lipinski definition) is 4. The Morgan fingerprint density at radius 3 is 1.77 bits per heavy atom. The van der Waals surface area contributed by atoms with Crippen molar-refractivity contribution in [3.05, 3.63) is 152 Å². The number of rotatable bonds is 4. The first-order valence-electron chi connectivity index (χ1n) is 14.6. The number of ether oxygens (including phenoxy) is 1. The van der Waals surface area contributed by atoms with Crippen molar-refractivity contribution in [2.75, 3.05) is 4.90 Å². The van der Waals surface area contributed by atoms with Crippen LogP contribution in [0.1, 0.15) is 0 Å². The van der Waals surface area contributed by atoms with Crippen molar-refractivity contribution in [3.63, 3.8) is 0 Å². The number of nitrogens with zero attached hydrogens (tertiary/aromatic N) is 5. The van der Waals surface area contributed by atoms with Crippen molar-refractivity contribution >= 4 is 38.9 Å². The van der Waals surface area contributed by atoms with E-state index in [1.807, 2.05) is 47.3 Å². The van der Waals surface area contributed by atoms with Crippen LogP contribution in [0, 0.1) is 0 Å². The van der Waals surface area contributed by atoms with Crippen molar-refractivity contribution < 1.29 is 4.74 Å². The fourth-order valence-corrected chi connectivity index (χ4v) is 6.26. The first-order chi connectivity index (χ1) is 21.8. The Morgan fingerprint density at radius 2 is 1.09 bits per heavy atom. The summed E-state index contributed by atoms with van der Waals surface area (Å²) in [5, 5.41) is 11.5. The van der Waals surface area contributed by atoms with E-state index in [4.69, 9.17) is 4.74 Å². The SMILES string of the molecule is c1cc(-n2cc(-c3ccc(N4c5ccccc5Oc5ccccc54)cc3)nn2)cc(-n2c3ccccc3c3ccccc32)c1. The minimum atomic E-state index is 0.807. The van der Waals surface area contributed by atoms with Crippen LogP contribution in [0.15, 0.2) is 152 Å². The Bertz CT molecular complexity index is 2230. The van der Waals surface area contributed by atoms with Crippen LogP contribution >= 0.6 is 0 Å². The van der Waals surface area contributed by atoms with Crippen LogP contribution in [0.5, 0.6) is 11.5 Å². The second-order valence-corrected chi connectivity index (χ2v) is 10.9. The van der Waals surface area contributed by atoms with Crippen molar-refractivity contribution in [2.45, 2.75) is 0 Å². The lowest BCUT2D eigenvalue weighted by Crippen LogP contribution is -2.15. The van der Waals surface area contributed by atoms with Crippen LogP contribution in [0.4, 0.5) is 17.1 Å². The van der Waals surface area contributed by atoms with Gasteiger partial charge in [-0.05, 0) is 66.7 Å². The van der Waals surface area contributed by atoms with Crippen molar-refractivity contribution in [1.82, 2.24) is 19.6 Å². The van der Waals surface area contributed by atoms with Gasteiger partial charge in [-0.25, -0.2) is 4.68 Å². The molecule has 2 aromatic heterocycles. The van der Waals surface area contributed by atoms with Crippen LogP contribution in [0.2, 0.25) is 0 Å². The highest BCUT2D eigenvalue weighted by atomic mass is 16.5. The fraction of sp³-hybridized carbons (Fsp3) is 0. The highest BCUT2D eigenvalue weighted by molar-refractivity contribution is 6.09. The Balaban J connectivity index is 1.06. The molecule has 6 nitrogen and oxygen atoms in total. The van der Waals surface area contributed by atoms with Gasteiger partial charge in [0, 0.05) is 27.7 Å². The number of fused-ring (bicyclic) bond motifs is 5. The van der Waals surface area contributed by atoms with Gasteiger partial charge in [-0.2, -0.15) is 0 Å². The molecule has 1 aliphatic rings. The molecule has 0 unspecified atom stereocenters. The second kappa shape index (κ2) is 9.71. The monoisotopic (exact) mass is 567 g/mol. The molecule has 44 heavy (non-hydrogen) atoms. The maximum absolute atomic E-state index is 6.18. The largest absolute Gasteiger partial charge is 0.453 e. The molecular formula is C38H25N5O. The average Bonchev–Trinajstić information content (AvgIpc) is 3.71. The van der Waals surface area contributed by atoms with Gasteiger partial charge in [0.25, 0.3) is 0 Å². The smallest absolute Gasteiger partial charge is 0.151 e. The summed E-state index contributed by atoms with van der Waals surface area (Å²) in [6, 6.07) is 50.2. The summed E-state index contributed by atoms with van der Waals surface area (Å²) in [6.45, 7) is 0. The summed E-state index contributed by atoms with van der Waals surface area (Å²) in [5.74, 6) is 1.67. The number of benzene rings is 6. The molecule has 0 bridgehead atoms. The second-order valence-electron chi connectivity index (χ2n) is 10.9. The summed E-state index contributed by atoms with van der Waals surface area (Å²) >= 11 is 0. The Kier molecular flexibility index (Phi) is 5.40. The Morgan fingerprint density at radius 1 is 0.500 bits per heavy atom. The lowest BCUT2D eigenvalue weighted by molar-refractivity contribution is 0.477.